The van der Waals surface area contributed by atoms with Crippen molar-refractivity contribution in [2.75, 3.05) is 0 Å². The van der Waals surface area contributed by atoms with E-state index in [2.05, 4.69) is 20.5 Å². The largest absolute Gasteiger partial charge is 0.335 e. The Morgan fingerprint density at radius 2 is 1.93 bits per heavy atom. The van der Waals surface area contributed by atoms with Gasteiger partial charge in [0.05, 0.1) is 16.2 Å². The molecule has 2 aromatic carbocycles. The second-order valence-electron chi connectivity index (χ2n) is 6.36. The normalized spacial score (nSPS) is 12.6. The van der Waals surface area contributed by atoms with Crippen molar-refractivity contribution in [3.05, 3.63) is 64.1 Å². The third kappa shape index (κ3) is 2.97. The zero-order valence-corrected chi connectivity index (χ0v) is 16.6. The van der Waals surface area contributed by atoms with E-state index >= 15 is 0 Å². The van der Waals surface area contributed by atoms with E-state index in [0.717, 1.165) is 10.2 Å². The van der Waals surface area contributed by atoms with Crippen LogP contribution < -0.4 is 0 Å². The van der Waals surface area contributed by atoms with Gasteiger partial charge in [0.15, 0.2) is 0 Å². The predicted molar refractivity (Wildman–Crippen MR) is 100 cm³/mol. The molecule has 2 aromatic heterocycles. The van der Waals surface area contributed by atoms with Gasteiger partial charge < -0.3 is 0 Å². The second kappa shape index (κ2) is 6.56. The lowest BCUT2D eigenvalue weighted by Gasteiger charge is -2.14. The molecule has 1 N–H and O–H groups in total. The van der Waals surface area contributed by atoms with Crippen LogP contribution in [-0.4, -0.2) is 38.2 Å². The molecule has 0 spiro atoms. The highest BCUT2D eigenvalue weighted by molar-refractivity contribution is 7.90. The van der Waals surface area contributed by atoms with E-state index in [1.165, 1.54) is 18.2 Å². The van der Waals surface area contributed by atoms with Crippen LogP contribution in [0.25, 0.3) is 10.9 Å². The first-order valence-electron chi connectivity index (χ1n) is 8.26. The minimum atomic E-state index is -4.24. The monoisotopic (exact) mass is 438 g/mol. The number of aryl methyl sites for hydroxylation is 2. The minimum Gasteiger partial charge on any atom is -0.199 e. The summed E-state index contributed by atoms with van der Waals surface area (Å²) in [6, 6.07) is 8.25. The van der Waals surface area contributed by atoms with Gasteiger partial charge in [0, 0.05) is 10.9 Å². The molecular formula is C17H13ClF2N6O2S. The highest BCUT2D eigenvalue weighted by Crippen LogP contribution is 2.36. The Balaban J connectivity index is 1.97. The average molecular weight is 439 g/mol. The van der Waals surface area contributed by atoms with E-state index in [9.17, 15) is 17.2 Å². The third-order valence-electron chi connectivity index (χ3n) is 4.47. The molecule has 29 heavy (non-hydrogen) atoms. The molecule has 2 heterocycles. The average Bonchev–Trinajstić information content (AvgIpc) is 3.30. The highest BCUT2D eigenvalue weighted by atomic mass is 35.5. The maximum atomic E-state index is 14.8. The lowest BCUT2D eigenvalue weighted by molar-refractivity contribution is 0.0330. The van der Waals surface area contributed by atoms with E-state index in [4.69, 9.17) is 11.6 Å². The summed E-state index contributed by atoms with van der Waals surface area (Å²) in [5.41, 5.74) is 0.260. The summed E-state index contributed by atoms with van der Waals surface area (Å²) in [6.07, 6.45) is 0. The van der Waals surface area contributed by atoms with Gasteiger partial charge >= 0.3 is 5.92 Å². The Kier molecular flexibility index (Phi) is 4.39. The van der Waals surface area contributed by atoms with Gasteiger partial charge in [-0.25, -0.2) is 0 Å². The van der Waals surface area contributed by atoms with Gasteiger partial charge in [0.1, 0.15) is 4.90 Å². The fourth-order valence-corrected chi connectivity index (χ4v) is 5.19. The van der Waals surface area contributed by atoms with Crippen molar-refractivity contribution in [3.8, 4) is 0 Å². The van der Waals surface area contributed by atoms with Crippen LogP contribution in [0, 0.1) is 13.8 Å². The number of tetrazole rings is 1. The number of benzene rings is 2. The SMILES string of the molecule is Cc1cccc(Cl)c1S(=O)(=O)n1nc(C)c2ccc(C(F)(F)c3nn[nH]n3)cc21. The molecule has 0 unspecified atom stereocenters. The molecule has 0 aliphatic heterocycles. The summed E-state index contributed by atoms with van der Waals surface area (Å²) < 4.78 is 56.8. The maximum absolute atomic E-state index is 14.8. The molecule has 0 bridgehead atoms. The van der Waals surface area contributed by atoms with Crippen LogP contribution in [0.2, 0.25) is 5.02 Å². The number of hydrogen-bond donors (Lipinski definition) is 1. The van der Waals surface area contributed by atoms with Crippen molar-refractivity contribution in [1.29, 1.82) is 0 Å². The Hall–Kier alpha value is -2.92. The number of H-pyrrole nitrogens is 1. The van der Waals surface area contributed by atoms with Crippen molar-refractivity contribution in [2.24, 2.45) is 0 Å². The summed E-state index contributed by atoms with van der Waals surface area (Å²) in [4.78, 5) is -0.138. The van der Waals surface area contributed by atoms with Crippen molar-refractivity contribution >= 4 is 32.5 Å². The van der Waals surface area contributed by atoms with Gasteiger partial charge in [0.2, 0.25) is 5.82 Å². The summed E-state index contributed by atoms with van der Waals surface area (Å²) >= 11 is 6.13. The molecule has 0 amide bonds. The number of hydrogen-bond acceptors (Lipinski definition) is 6. The molecule has 0 radical (unpaired) electrons. The van der Waals surface area contributed by atoms with Gasteiger partial charge in [0.25, 0.3) is 10.0 Å². The molecule has 0 aliphatic rings. The quantitative estimate of drug-likeness (QED) is 0.524. The van der Waals surface area contributed by atoms with Crippen LogP contribution in [0.15, 0.2) is 41.3 Å². The minimum absolute atomic E-state index is 0.0116. The molecule has 0 saturated heterocycles. The maximum Gasteiger partial charge on any atom is 0.335 e. The number of alkyl halides is 2. The van der Waals surface area contributed by atoms with Gasteiger partial charge in [-0.05, 0) is 36.8 Å². The Morgan fingerprint density at radius 1 is 1.17 bits per heavy atom. The second-order valence-corrected chi connectivity index (χ2v) is 8.47. The Bertz CT molecular complexity index is 1320. The first-order valence-corrected chi connectivity index (χ1v) is 10.1. The zero-order chi connectivity index (χ0) is 21.0. The van der Waals surface area contributed by atoms with E-state index in [1.807, 2.05) is 5.21 Å². The molecule has 0 fully saturated rings. The fraction of sp³-hybridized carbons (Fsp3) is 0.176. The predicted octanol–water partition coefficient (Wildman–Crippen LogP) is 3.20. The van der Waals surface area contributed by atoms with Crippen molar-refractivity contribution in [2.45, 2.75) is 24.7 Å². The number of nitrogens with one attached hydrogen (secondary N) is 1. The van der Waals surface area contributed by atoms with Gasteiger partial charge in [-0.3, -0.25) is 0 Å². The molecule has 12 heteroatoms. The van der Waals surface area contributed by atoms with E-state index in [-0.39, 0.29) is 15.4 Å². The van der Waals surface area contributed by atoms with Gasteiger partial charge in [-0.1, -0.05) is 35.9 Å². The number of rotatable bonds is 4. The van der Waals surface area contributed by atoms with Crippen molar-refractivity contribution in [1.82, 2.24) is 29.8 Å². The number of aromatic amines is 1. The van der Waals surface area contributed by atoms with Crippen LogP contribution in [-0.2, 0) is 15.9 Å². The van der Waals surface area contributed by atoms with Crippen LogP contribution in [0.3, 0.4) is 0 Å². The van der Waals surface area contributed by atoms with Crippen LogP contribution in [0.1, 0.15) is 22.6 Å². The molecule has 4 rings (SSSR count). The molecule has 0 saturated carbocycles. The molecule has 150 valence electrons. The van der Waals surface area contributed by atoms with Crippen LogP contribution in [0.4, 0.5) is 8.78 Å². The molecule has 0 atom stereocenters. The van der Waals surface area contributed by atoms with E-state index in [0.29, 0.717) is 16.6 Å². The lowest BCUT2D eigenvalue weighted by Crippen LogP contribution is -2.19. The Morgan fingerprint density at radius 3 is 2.59 bits per heavy atom. The third-order valence-corrected chi connectivity index (χ3v) is 6.69. The summed E-state index contributed by atoms with van der Waals surface area (Å²) in [6.45, 7) is 3.18. The Labute approximate surface area is 168 Å². The lowest BCUT2D eigenvalue weighted by atomic mass is 10.1. The molecule has 0 aliphatic carbocycles. The number of fused-ring (bicyclic) bond motifs is 1. The highest BCUT2D eigenvalue weighted by Gasteiger charge is 2.39. The van der Waals surface area contributed by atoms with E-state index in [1.54, 1.807) is 26.0 Å². The molecule has 8 nitrogen and oxygen atoms in total. The smallest absolute Gasteiger partial charge is 0.199 e. The zero-order valence-electron chi connectivity index (χ0n) is 15.1. The summed E-state index contributed by atoms with van der Waals surface area (Å²) in [7, 11) is -4.24. The standard InChI is InChI=1S/C17H13ClF2N6O2S/c1-9-4-3-5-13(18)15(9)29(27,28)26-14-8-11(6-7-12(14)10(2)23-26)17(19,20)16-21-24-25-22-16/h3-8H,1-2H3,(H,21,22,24,25). The van der Waals surface area contributed by atoms with Crippen LogP contribution >= 0.6 is 11.6 Å². The topological polar surface area (TPSA) is 106 Å². The molecule has 4 aromatic rings. The summed E-state index contributed by atoms with van der Waals surface area (Å²) in [5.74, 6) is -4.42. The number of nitrogens with zero attached hydrogens (tertiary/aromatic N) is 5. The van der Waals surface area contributed by atoms with Crippen LogP contribution in [0.5, 0.6) is 0 Å². The number of halogens is 3. The van der Waals surface area contributed by atoms with Gasteiger partial charge in [-0.15, -0.1) is 10.2 Å². The summed E-state index contributed by atoms with van der Waals surface area (Å²) in [5, 5.41) is 16.3. The van der Waals surface area contributed by atoms with Gasteiger partial charge in [-0.2, -0.15) is 31.6 Å². The first kappa shape index (κ1) is 19.4. The van der Waals surface area contributed by atoms with E-state index < -0.39 is 27.3 Å². The van der Waals surface area contributed by atoms with Crippen molar-refractivity contribution in [3.63, 3.8) is 0 Å². The van der Waals surface area contributed by atoms with Crippen molar-refractivity contribution < 1.29 is 17.2 Å². The number of aromatic nitrogens is 6. The first-order chi connectivity index (χ1) is 13.6. The fourth-order valence-electron chi connectivity index (χ4n) is 3.07. The molecular weight excluding hydrogens is 426 g/mol.